The third kappa shape index (κ3) is 3.08. The van der Waals surface area contributed by atoms with Gasteiger partial charge in [0.1, 0.15) is 5.60 Å². The smallest absolute Gasteiger partial charge is 0.253 e. The number of carbonyl (C=O) groups is 2. The quantitative estimate of drug-likeness (QED) is 0.370. The number of hydrogen-bond donors (Lipinski definition) is 2. The number of aryl methyl sites for hydroxylation is 1. The lowest BCUT2D eigenvalue weighted by Crippen LogP contribution is -2.73. The van der Waals surface area contributed by atoms with Gasteiger partial charge in [0, 0.05) is 23.6 Å². The molecule has 2 heterocycles. The van der Waals surface area contributed by atoms with Crippen molar-refractivity contribution in [2.45, 2.75) is 125 Å². The third-order valence-corrected chi connectivity index (χ3v) is 15.1. The van der Waals surface area contributed by atoms with Crippen molar-refractivity contribution in [3.63, 3.8) is 0 Å². The number of aromatic nitrogens is 1. The number of aliphatic hydroxyl groups is 1. The highest BCUT2D eigenvalue weighted by Gasteiger charge is 2.73. The summed E-state index contributed by atoms with van der Waals surface area (Å²) in [6, 6.07) is 1.57. The van der Waals surface area contributed by atoms with E-state index < -0.39 is 11.0 Å². The van der Waals surface area contributed by atoms with Crippen molar-refractivity contribution in [2.24, 2.45) is 50.7 Å². The van der Waals surface area contributed by atoms with E-state index in [-0.39, 0.29) is 39.5 Å². The highest BCUT2D eigenvalue weighted by molar-refractivity contribution is 6.00. The predicted octanol–water partition coefficient (Wildman–Crippen LogP) is 7.30. The maximum atomic E-state index is 13.5. The van der Waals surface area contributed by atoms with Gasteiger partial charge in [-0.3, -0.25) is 14.6 Å². The molecule has 4 saturated carbocycles. The Morgan fingerprint density at radius 3 is 2.36 bits per heavy atom. The Kier molecular flexibility index (Phi) is 5.73. The standard InChI is InChI=1S/C37H52N2O3/c1-20(2)28-24(40)18-33(6)15-16-35(8)23(30(28)33)10-11-26-34(7)19-27-37(42,32(4,5)25(34)12-14-36(26,35)9)22-13-17-38-21(3)29(22)31(41)39-27/h13,17,20,23,25-27,42H,10-12,14-16,18-19H2,1-9H3,(H,39,41)/t23-,25+,26-,27?,33+,34+,35-,36-,37+/m1/s1. The van der Waals surface area contributed by atoms with E-state index in [1.54, 1.807) is 6.20 Å². The molecule has 0 bridgehead atoms. The third-order valence-electron chi connectivity index (χ3n) is 15.1. The molecule has 5 aliphatic carbocycles. The Morgan fingerprint density at radius 1 is 0.952 bits per heavy atom. The summed E-state index contributed by atoms with van der Waals surface area (Å²) >= 11 is 0. The number of rotatable bonds is 1. The summed E-state index contributed by atoms with van der Waals surface area (Å²) in [4.78, 5) is 31.4. The number of Topliss-reactive ketones (excluding diaryl/α,β-unsaturated/α-hetero) is 1. The molecular formula is C37H52N2O3. The first-order valence-corrected chi connectivity index (χ1v) is 16.7. The molecule has 1 unspecified atom stereocenters. The van der Waals surface area contributed by atoms with Crippen LogP contribution in [0.2, 0.25) is 0 Å². The number of allylic oxidation sites excluding steroid dienone is 2. The van der Waals surface area contributed by atoms with Crippen molar-refractivity contribution in [1.82, 2.24) is 10.3 Å². The van der Waals surface area contributed by atoms with E-state index in [1.807, 2.05) is 13.0 Å². The van der Waals surface area contributed by atoms with Crippen LogP contribution in [0.4, 0.5) is 0 Å². The second-order valence-corrected chi connectivity index (χ2v) is 17.3. The molecule has 0 spiro atoms. The number of nitrogens with one attached hydrogen (secondary N) is 1. The molecular weight excluding hydrogens is 520 g/mol. The van der Waals surface area contributed by atoms with Gasteiger partial charge in [-0.15, -0.1) is 0 Å². The van der Waals surface area contributed by atoms with Gasteiger partial charge in [0.25, 0.3) is 5.91 Å². The molecule has 42 heavy (non-hydrogen) atoms. The fourth-order valence-electron chi connectivity index (χ4n) is 13.1. The van der Waals surface area contributed by atoms with Crippen LogP contribution in [-0.4, -0.2) is 27.8 Å². The van der Waals surface area contributed by atoms with E-state index in [4.69, 9.17) is 0 Å². The minimum absolute atomic E-state index is 0.0181. The maximum absolute atomic E-state index is 13.5. The topological polar surface area (TPSA) is 79.3 Å². The monoisotopic (exact) mass is 572 g/mol. The molecule has 6 aliphatic rings. The van der Waals surface area contributed by atoms with Gasteiger partial charge < -0.3 is 10.4 Å². The number of fused-ring (bicyclic) bond motifs is 10. The Bertz CT molecular complexity index is 1440. The van der Waals surface area contributed by atoms with Gasteiger partial charge in [-0.25, -0.2) is 0 Å². The summed E-state index contributed by atoms with van der Waals surface area (Å²) in [7, 11) is 0. The van der Waals surface area contributed by atoms with E-state index in [1.165, 1.54) is 12.0 Å². The molecule has 7 rings (SSSR count). The first-order valence-electron chi connectivity index (χ1n) is 16.7. The first kappa shape index (κ1) is 28.7. The number of amides is 1. The number of pyridine rings is 1. The van der Waals surface area contributed by atoms with Gasteiger partial charge >= 0.3 is 0 Å². The Balaban J connectivity index is 1.33. The SMILES string of the molecule is Cc1nccc2c1C(=O)NC1C[C@]3(C)[C@H]4CC[C@@H]5C6=C(C(C)C)C(=O)C[C@]6(C)CC[C@@]5(C)[C@]4(C)CC[C@H]3C(C)(C)[C@]21O. The highest BCUT2D eigenvalue weighted by Crippen LogP contribution is 2.78. The number of carbonyl (C=O) groups excluding carboxylic acids is 2. The lowest BCUT2D eigenvalue weighted by molar-refractivity contribution is -0.264. The molecule has 5 nitrogen and oxygen atoms in total. The number of ketones is 1. The number of hydrogen-bond acceptors (Lipinski definition) is 4. The maximum Gasteiger partial charge on any atom is 0.253 e. The van der Waals surface area contributed by atoms with Crippen LogP contribution in [0, 0.1) is 57.7 Å². The van der Waals surface area contributed by atoms with Gasteiger partial charge in [-0.1, -0.05) is 61.0 Å². The molecule has 1 amide bonds. The molecule has 9 atom stereocenters. The minimum Gasteiger partial charge on any atom is -0.382 e. The molecule has 4 fully saturated rings. The van der Waals surface area contributed by atoms with Crippen LogP contribution < -0.4 is 5.32 Å². The zero-order valence-electron chi connectivity index (χ0n) is 27.4. The molecule has 1 aliphatic heterocycles. The summed E-state index contributed by atoms with van der Waals surface area (Å²) in [6.45, 7) is 20.9. The Labute approximate surface area is 252 Å². The van der Waals surface area contributed by atoms with Crippen molar-refractivity contribution in [3.05, 3.63) is 40.2 Å². The molecule has 0 aromatic carbocycles. The molecule has 1 aromatic heterocycles. The van der Waals surface area contributed by atoms with Crippen molar-refractivity contribution >= 4 is 11.7 Å². The first-order chi connectivity index (χ1) is 19.5. The van der Waals surface area contributed by atoms with E-state index in [2.05, 4.69) is 65.7 Å². The predicted molar refractivity (Wildman–Crippen MR) is 165 cm³/mol. The van der Waals surface area contributed by atoms with Crippen LogP contribution in [0.15, 0.2) is 23.4 Å². The fraction of sp³-hybridized carbons (Fsp3) is 0.757. The summed E-state index contributed by atoms with van der Waals surface area (Å²) in [5.41, 5.74) is 3.41. The second-order valence-electron chi connectivity index (χ2n) is 17.3. The van der Waals surface area contributed by atoms with Gasteiger partial charge in [0.05, 0.1) is 17.3 Å². The van der Waals surface area contributed by atoms with Gasteiger partial charge in [0.2, 0.25) is 0 Å². The van der Waals surface area contributed by atoms with Crippen molar-refractivity contribution in [2.75, 3.05) is 0 Å². The van der Waals surface area contributed by atoms with Crippen molar-refractivity contribution in [3.8, 4) is 0 Å². The van der Waals surface area contributed by atoms with Crippen molar-refractivity contribution < 1.29 is 14.7 Å². The average molecular weight is 573 g/mol. The summed E-state index contributed by atoms with van der Waals surface area (Å²) in [5.74, 6) is 1.88. The molecule has 2 N–H and O–H groups in total. The van der Waals surface area contributed by atoms with Crippen molar-refractivity contribution in [1.29, 1.82) is 0 Å². The average Bonchev–Trinajstić information content (AvgIpc) is 3.17. The van der Waals surface area contributed by atoms with E-state index >= 15 is 0 Å². The Morgan fingerprint density at radius 2 is 1.67 bits per heavy atom. The Hall–Kier alpha value is -2.01. The summed E-state index contributed by atoms with van der Waals surface area (Å²) in [6.07, 6.45) is 10.1. The fourth-order valence-corrected chi connectivity index (χ4v) is 13.1. The van der Waals surface area contributed by atoms with Crippen LogP contribution >= 0.6 is 0 Å². The largest absolute Gasteiger partial charge is 0.382 e. The van der Waals surface area contributed by atoms with Gasteiger partial charge in [0.15, 0.2) is 5.78 Å². The lowest BCUT2D eigenvalue weighted by atomic mass is 9.31. The van der Waals surface area contributed by atoms with Gasteiger partial charge in [-0.05, 0) is 109 Å². The van der Waals surface area contributed by atoms with Gasteiger partial charge in [-0.2, -0.15) is 0 Å². The molecule has 1 aromatic rings. The zero-order valence-corrected chi connectivity index (χ0v) is 27.4. The number of nitrogens with zero attached hydrogens (tertiary/aromatic N) is 1. The highest BCUT2D eigenvalue weighted by atomic mass is 16.3. The van der Waals surface area contributed by atoms with E-state index in [9.17, 15) is 14.7 Å². The zero-order chi connectivity index (χ0) is 30.4. The van der Waals surface area contributed by atoms with E-state index in [0.29, 0.717) is 41.2 Å². The molecule has 0 saturated heterocycles. The normalized spacial score (nSPS) is 47.1. The van der Waals surface area contributed by atoms with Crippen LogP contribution in [0.1, 0.15) is 128 Å². The van der Waals surface area contributed by atoms with E-state index in [0.717, 1.165) is 49.7 Å². The second kappa shape index (κ2) is 8.37. The molecule has 0 radical (unpaired) electrons. The van der Waals surface area contributed by atoms with Crippen LogP contribution in [0.25, 0.3) is 0 Å². The molecule has 5 heteroatoms. The lowest BCUT2D eigenvalue weighted by Gasteiger charge is -2.74. The molecule has 228 valence electrons. The summed E-state index contributed by atoms with van der Waals surface area (Å²) < 4.78 is 0. The van der Waals surface area contributed by atoms with Crippen LogP contribution in [0.3, 0.4) is 0 Å². The summed E-state index contributed by atoms with van der Waals surface area (Å²) in [5, 5.41) is 16.1. The minimum atomic E-state index is -1.14. The van der Waals surface area contributed by atoms with Crippen LogP contribution in [0.5, 0.6) is 0 Å². The van der Waals surface area contributed by atoms with Crippen LogP contribution in [-0.2, 0) is 10.4 Å².